The molecule has 0 aliphatic carbocycles. The van der Waals surface area contributed by atoms with Crippen molar-refractivity contribution in [3.8, 4) is 6.07 Å². The molecular weight excluding hydrogens is 200 g/mol. The standard InChI is InChI=1S/C13H24N2O/c1-13(2,11-14)6-4-8-16-10-12-5-3-7-15-9-12/h12,15H,3-10H2,1-2H3. The van der Waals surface area contributed by atoms with E-state index in [0.29, 0.717) is 5.92 Å². The van der Waals surface area contributed by atoms with Crippen LogP contribution < -0.4 is 5.32 Å². The van der Waals surface area contributed by atoms with E-state index in [4.69, 9.17) is 10.00 Å². The van der Waals surface area contributed by atoms with Gasteiger partial charge < -0.3 is 10.1 Å². The van der Waals surface area contributed by atoms with Crippen molar-refractivity contribution in [2.75, 3.05) is 26.3 Å². The number of ether oxygens (including phenoxy) is 1. The lowest BCUT2D eigenvalue weighted by Crippen LogP contribution is -2.32. The normalized spacial score (nSPS) is 21.7. The molecule has 3 heteroatoms. The zero-order valence-corrected chi connectivity index (χ0v) is 10.6. The number of nitrogens with zero attached hydrogens (tertiary/aromatic N) is 1. The van der Waals surface area contributed by atoms with Crippen LogP contribution in [0.2, 0.25) is 0 Å². The summed E-state index contributed by atoms with van der Waals surface area (Å²) in [6.07, 6.45) is 4.47. The number of piperidine rings is 1. The Morgan fingerprint density at radius 2 is 2.31 bits per heavy atom. The lowest BCUT2D eigenvalue weighted by molar-refractivity contribution is 0.0838. The minimum absolute atomic E-state index is 0.199. The van der Waals surface area contributed by atoms with Gasteiger partial charge in [0.15, 0.2) is 0 Å². The third kappa shape index (κ3) is 5.48. The molecule has 0 spiro atoms. The van der Waals surface area contributed by atoms with Crippen molar-refractivity contribution in [2.45, 2.75) is 39.5 Å². The van der Waals surface area contributed by atoms with Crippen LogP contribution in [0.15, 0.2) is 0 Å². The van der Waals surface area contributed by atoms with Gasteiger partial charge in [-0.15, -0.1) is 0 Å². The molecular formula is C13H24N2O. The third-order valence-electron chi connectivity index (χ3n) is 3.15. The van der Waals surface area contributed by atoms with Gasteiger partial charge in [0.25, 0.3) is 0 Å². The summed E-state index contributed by atoms with van der Waals surface area (Å²) in [5.41, 5.74) is -0.199. The van der Waals surface area contributed by atoms with Crippen molar-refractivity contribution in [1.29, 1.82) is 5.26 Å². The second-order valence-electron chi connectivity index (χ2n) is 5.39. The Hall–Kier alpha value is -0.590. The van der Waals surface area contributed by atoms with Gasteiger partial charge in [-0.1, -0.05) is 0 Å². The van der Waals surface area contributed by atoms with Crippen molar-refractivity contribution in [1.82, 2.24) is 5.32 Å². The number of nitrogens with one attached hydrogen (secondary N) is 1. The molecule has 1 unspecified atom stereocenters. The second-order valence-corrected chi connectivity index (χ2v) is 5.39. The van der Waals surface area contributed by atoms with Gasteiger partial charge in [-0.2, -0.15) is 5.26 Å². The van der Waals surface area contributed by atoms with Crippen molar-refractivity contribution in [3.05, 3.63) is 0 Å². The van der Waals surface area contributed by atoms with E-state index in [1.165, 1.54) is 12.8 Å². The Labute approximate surface area is 99.2 Å². The molecule has 1 aliphatic rings. The summed E-state index contributed by atoms with van der Waals surface area (Å²) < 4.78 is 5.66. The maximum atomic E-state index is 8.86. The van der Waals surface area contributed by atoms with E-state index in [2.05, 4.69) is 11.4 Å². The van der Waals surface area contributed by atoms with E-state index in [0.717, 1.165) is 39.1 Å². The summed E-state index contributed by atoms with van der Waals surface area (Å²) in [6.45, 7) is 7.90. The first kappa shape index (κ1) is 13.5. The van der Waals surface area contributed by atoms with Crippen LogP contribution in [-0.2, 0) is 4.74 Å². The molecule has 92 valence electrons. The first-order valence-corrected chi connectivity index (χ1v) is 6.34. The molecule has 1 rings (SSSR count). The summed E-state index contributed by atoms with van der Waals surface area (Å²) in [6, 6.07) is 2.32. The summed E-state index contributed by atoms with van der Waals surface area (Å²) in [5.74, 6) is 0.692. The third-order valence-corrected chi connectivity index (χ3v) is 3.15. The van der Waals surface area contributed by atoms with Crippen molar-refractivity contribution < 1.29 is 4.74 Å². The number of nitriles is 1. The summed E-state index contributed by atoms with van der Waals surface area (Å²) in [7, 11) is 0. The average molecular weight is 224 g/mol. The van der Waals surface area contributed by atoms with E-state index in [1.54, 1.807) is 0 Å². The Morgan fingerprint density at radius 1 is 1.50 bits per heavy atom. The molecule has 16 heavy (non-hydrogen) atoms. The highest BCUT2D eigenvalue weighted by Gasteiger charge is 2.16. The highest BCUT2D eigenvalue weighted by molar-refractivity contribution is 4.91. The lowest BCUT2D eigenvalue weighted by atomic mass is 9.90. The van der Waals surface area contributed by atoms with Crippen LogP contribution in [0.3, 0.4) is 0 Å². The van der Waals surface area contributed by atoms with Crippen LogP contribution in [0, 0.1) is 22.7 Å². The summed E-state index contributed by atoms with van der Waals surface area (Å²) in [5, 5.41) is 12.2. The van der Waals surface area contributed by atoms with Gasteiger partial charge >= 0.3 is 0 Å². The highest BCUT2D eigenvalue weighted by atomic mass is 16.5. The number of hydrogen-bond acceptors (Lipinski definition) is 3. The molecule has 1 N–H and O–H groups in total. The Kier molecular flexibility index (Phi) is 5.79. The van der Waals surface area contributed by atoms with Gasteiger partial charge in [-0.3, -0.25) is 0 Å². The number of hydrogen-bond donors (Lipinski definition) is 1. The molecule has 3 nitrogen and oxygen atoms in total. The zero-order valence-electron chi connectivity index (χ0n) is 10.6. The Balaban J connectivity index is 1.97. The van der Waals surface area contributed by atoms with Crippen LogP contribution in [0.25, 0.3) is 0 Å². The topological polar surface area (TPSA) is 45.0 Å². The number of rotatable bonds is 6. The van der Waals surface area contributed by atoms with Gasteiger partial charge in [0.05, 0.1) is 18.1 Å². The van der Waals surface area contributed by atoms with Gasteiger partial charge in [0.1, 0.15) is 0 Å². The fourth-order valence-corrected chi connectivity index (χ4v) is 1.99. The first-order chi connectivity index (χ1) is 7.64. The van der Waals surface area contributed by atoms with Crippen LogP contribution in [0.1, 0.15) is 39.5 Å². The first-order valence-electron chi connectivity index (χ1n) is 6.34. The van der Waals surface area contributed by atoms with Crippen LogP contribution in [-0.4, -0.2) is 26.3 Å². The predicted octanol–water partition coefficient (Wildman–Crippen LogP) is 2.33. The molecule has 0 aromatic carbocycles. The molecule has 1 atom stereocenters. The molecule has 1 aliphatic heterocycles. The van der Waals surface area contributed by atoms with E-state index in [1.807, 2.05) is 13.8 Å². The minimum atomic E-state index is -0.199. The highest BCUT2D eigenvalue weighted by Crippen LogP contribution is 2.20. The molecule has 1 saturated heterocycles. The summed E-state index contributed by atoms with van der Waals surface area (Å²) >= 11 is 0. The smallest absolute Gasteiger partial charge is 0.0683 e. The molecule has 0 amide bonds. The quantitative estimate of drug-likeness (QED) is 0.704. The minimum Gasteiger partial charge on any atom is -0.381 e. The molecule has 1 heterocycles. The molecule has 0 aromatic heterocycles. The average Bonchev–Trinajstić information content (AvgIpc) is 2.30. The Bertz CT molecular complexity index is 227. The molecule has 1 fully saturated rings. The van der Waals surface area contributed by atoms with E-state index in [9.17, 15) is 0 Å². The monoisotopic (exact) mass is 224 g/mol. The zero-order chi connectivity index (χ0) is 11.9. The van der Waals surface area contributed by atoms with Crippen LogP contribution in [0.4, 0.5) is 0 Å². The molecule has 0 saturated carbocycles. The lowest BCUT2D eigenvalue weighted by Gasteiger charge is -2.22. The van der Waals surface area contributed by atoms with E-state index in [-0.39, 0.29) is 5.41 Å². The SMILES string of the molecule is CC(C)(C#N)CCCOCC1CCCNC1. The molecule has 0 radical (unpaired) electrons. The second kappa shape index (κ2) is 6.88. The maximum absolute atomic E-state index is 8.86. The van der Waals surface area contributed by atoms with Crippen LogP contribution >= 0.6 is 0 Å². The predicted molar refractivity (Wildman–Crippen MR) is 65.0 cm³/mol. The van der Waals surface area contributed by atoms with E-state index >= 15 is 0 Å². The van der Waals surface area contributed by atoms with Crippen LogP contribution in [0.5, 0.6) is 0 Å². The maximum Gasteiger partial charge on any atom is 0.0683 e. The largest absolute Gasteiger partial charge is 0.381 e. The van der Waals surface area contributed by atoms with E-state index < -0.39 is 0 Å². The Morgan fingerprint density at radius 3 is 2.94 bits per heavy atom. The van der Waals surface area contributed by atoms with Gasteiger partial charge in [-0.25, -0.2) is 0 Å². The van der Waals surface area contributed by atoms with Crippen molar-refractivity contribution in [3.63, 3.8) is 0 Å². The van der Waals surface area contributed by atoms with Crippen molar-refractivity contribution >= 4 is 0 Å². The van der Waals surface area contributed by atoms with Gasteiger partial charge in [0.2, 0.25) is 0 Å². The van der Waals surface area contributed by atoms with Gasteiger partial charge in [0, 0.05) is 13.2 Å². The fraction of sp³-hybridized carbons (Fsp3) is 0.923. The van der Waals surface area contributed by atoms with Gasteiger partial charge in [-0.05, 0) is 52.0 Å². The molecule has 0 bridgehead atoms. The molecule has 0 aromatic rings. The fourth-order valence-electron chi connectivity index (χ4n) is 1.99. The van der Waals surface area contributed by atoms with Crippen molar-refractivity contribution in [2.24, 2.45) is 11.3 Å². The summed E-state index contributed by atoms with van der Waals surface area (Å²) in [4.78, 5) is 0.